The normalized spacial score (nSPS) is 12.7. The Labute approximate surface area is 90.0 Å². The van der Waals surface area contributed by atoms with E-state index >= 15 is 0 Å². The van der Waals surface area contributed by atoms with Crippen LogP contribution in [-0.4, -0.2) is 12.6 Å². The first-order valence-corrected chi connectivity index (χ1v) is 6.19. The van der Waals surface area contributed by atoms with Crippen molar-refractivity contribution < 1.29 is 0 Å². The molecule has 1 heteroatoms. The maximum absolute atomic E-state index is 3.74. The molecule has 1 N–H and O–H groups in total. The highest BCUT2D eigenvalue weighted by Gasteiger charge is 2.04. The lowest BCUT2D eigenvalue weighted by atomic mass is 10.1. The average molecular weight is 197 g/mol. The topological polar surface area (TPSA) is 12.0 Å². The van der Waals surface area contributed by atoms with E-state index in [2.05, 4.69) is 25.7 Å². The van der Waals surface area contributed by atoms with Crippen molar-refractivity contribution in [3.05, 3.63) is 12.7 Å². The highest BCUT2D eigenvalue weighted by Crippen LogP contribution is 2.06. The predicted molar refractivity (Wildman–Crippen MR) is 65.7 cm³/mol. The third kappa shape index (κ3) is 8.31. The van der Waals surface area contributed by atoms with Gasteiger partial charge in [0, 0.05) is 6.04 Å². The molecular weight excluding hydrogens is 170 g/mol. The van der Waals surface area contributed by atoms with Gasteiger partial charge in [0.05, 0.1) is 0 Å². The Bertz CT molecular complexity index is 120. The maximum atomic E-state index is 3.74. The molecule has 0 heterocycles. The molecule has 0 aliphatic carbocycles. The fraction of sp³-hybridized carbons (Fsp3) is 0.846. The van der Waals surface area contributed by atoms with Gasteiger partial charge in [-0.25, -0.2) is 0 Å². The van der Waals surface area contributed by atoms with Crippen LogP contribution in [0.15, 0.2) is 12.7 Å². The molecule has 0 saturated carbocycles. The van der Waals surface area contributed by atoms with Gasteiger partial charge in [0.15, 0.2) is 0 Å². The van der Waals surface area contributed by atoms with Gasteiger partial charge in [0.25, 0.3) is 0 Å². The molecule has 1 unspecified atom stereocenters. The Morgan fingerprint density at radius 1 is 1.14 bits per heavy atom. The molecule has 0 aromatic heterocycles. The van der Waals surface area contributed by atoms with Crippen molar-refractivity contribution in [2.75, 3.05) is 6.54 Å². The van der Waals surface area contributed by atoms with E-state index in [0.717, 1.165) is 19.0 Å². The van der Waals surface area contributed by atoms with Gasteiger partial charge >= 0.3 is 0 Å². The number of unbranched alkanes of at least 4 members (excludes halogenated alkanes) is 2. The van der Waals surface area contributed by atoms with E-state index < -0.39 is 0 Å². The van der Waals surface area contributed by atoms with Crippen LogP contribution in [0.2, 0.25) is 0 Å². The van der Waals surface area contributed by atoms with Crippen molar-refractivity contribution in [2.24, 2.45) is 0 Å². The molecule has 0 bridgehead atoms. The van der Waals surface area contributed by atoms with Gasteiger partial charge in [0.2, 0.25) is 0 Å². The number of hydrogen-bond acceptors (Lipinski definition) is 1. The van der Waals surface area contributed by atoms with Crippen LogP contribution in [0.5, 0.6) is 0 Å². The van der Waals surface area contributed by atoms with E-state index in [1.165, 1.54) is 38.5 Å². The summed E-state index contributed by atoms with van der Waals surface area (Å²) in [6, 6.07) is 0.754. The van der Waals surface area contributed by atoms with E-state index in [1.54, 1.807) is 0 Å². The molecule has 0 aromatic rings. The first-order chi connectivity index (χ1) is 6.85. The molecule has 14 heavy (non-hydrogen) atoms. The van der Waals surface area contributed by atoms with Crippen LogP contribution >= 0.6 is 0 Å². The minimum Gasteiger partial charge on any atom is -0.314 e. The fourth-order valence-corrected chi connectivity index (χ4v) is 1.70. The molecule has 0 saturated heterocycles. The lowest BCUT2D eigenvalue weighted by Crippen LogP contribution is -2.29. The Hall–Kier alpha value is -0.300. The molecule has 0 aromatic carbocycles. The highest BCUT2D eigenvalue weighted by atomic mass is 14.9. The van der Waals surface area contributed by atoms with E-state index in [9.17, 15) is 0 Å². The zero-order chi connectivity index (χ0) is 10.6. The van der Waals surface area contributed by atoms with Gasteiger partial charge in [-0.2, -0.15) is 0 Å². The number of allylic oxidation sites excluding steroid dienone is 1. The number of hydrogen-bond donors (Lipinski definition) is 1. The molecule has 84 valence electrons. The van der Waals surface area contributed by atoms with Crippen molar-refractivity contribution in [3.8, 4) is 0 Å². The lowest BCUT2D eigenvalue weighted by molar-refractivity contribution is 0.433. The second kappa shape index (κ2) is 10.8. The standard InChI is InChI=1S/C13H27N/c1-4-7-9-12-14-13(10-6-3)11-8-5-2/h4,13-14H,1,5-12H2,2-3H3. The first kappa shape index (κ1) is 13.7. The van der Waals surface area contributed by atoms with Gasteiger partial charge in [0.1, 0.15) is 0 Å². The molecule has 0 rings (SSSR count). The second-order valence-electron chi connectivity index (χ2n) is 4.01. The average Bonchev–Trinajstić information content (AvgIpc) is 2.20. The van der Waals surface area contributed by atoms with Crippen molar-refractivity contribution in [3.63, 3.8) is 0 Å². The minimum absolute atomic E-state index is 0.754. The van der Waals surface area contributed by atoms with Crippen molar-refractivity contribution in [2.45, 2.75) is 64.8 Å². The fourth-order valence-electron chi connectivity index (χ4n) is 1.70. The Morgan fingerprint density at radius 2 is 1.93 bits per heavy atom. The Balaban J connectivity index is 3.45. The molecule has 0 aliphatic rings. The van der Waals surface area contributed by atoms with Crippen LogP contribution in [-0.2, 0) is 0 Å². The van der Waals surface area contributed by atoms with E-state index in [4.69, 9.17) is 0 Å². The first-order valence-electron chi connectivity index (χ1n) is 6.19. The van der Waals surface area contributed by atoms with E-state index in [-0.39, 0.29) is 0 Å². The minimum atomic E-state index is 0.754. The van der Waals surface area contributed by atoms with Gasteiger partial charge in [-0.3, -0.25) is 0 Å². The summed E-state index contributed by atoms with van der Waals surface area (Å²) >= 11 is 0. The van der Waals surface area contributed by atoms with Crippen LogP contribution in [0.4, 0.5) is 0 Å². The van der Waals surface area contributed by atoms with Crippen LogP contribution in [0, 0.1) is 0 Å². The summed E-state index contributed by atoms with van der Waals surface area (Å²) in [6.45, 7) is 9.42. The Kier molecular flexibility index (Phi) is 10.5. The summed E-state index contributed by atoms with van der Waals surface area (Å²) in [4.78, 5) is 0. The smallest absolute Gasteiger partial charge is 0.00669 e. The number of rotatable bonds is 10. The van der Waals surface area contributed by atoms with E-state index in [0.29, 0.717) is 0 Å². The van der Waals surface area contributed by atoms with Gasteiger partial charge in [-0.15, -0.1) is 6.58 Å². The molecule has 0 spiro atoms. The zero-order valence-corrected chi connectivity index (χ0v) is 10.0. The SMILES string of the molecule is C=CCCCNC(CCC)CCCC. The molecule has 0 radical (unpaired) electrons. The van der Waals surface area contributed by atoms with Crippen LogP contribution < -0.4 is 5.32 Å². The summed E-state index contributed by atoms with van der Waals surface area (Å²) in [7, 11) is 0. The van der Waals surface area contributed by atoms with Crippen molar-refractivity contribution in [1.82, 2.24) is 5.32 Å². The zero-order valence-electron chi connectivity index (χ0n) is 10.0. The van der Waals surface area contributed by atoms with Crippen molar-refractivity contribution in [1.29, 1.82) is 0 Å². The summed E-state index contributed by atoms with van der Waals surface area (Å²) in [5.41, 5.74) is 0. The quantitative estimate of drug-likeness (QED) is 0.414. The van der Waals surface area contributed by atoms with Crippen molar-refractivity contribution >= 4 is 0 Å². The summed E-state index contributed by atoms with van der Waals surface area (Å²) in [6.07, 6.45) is 11.0. The number of nitrogens with one attached hydrogen (secondary N) is 1. The maximum Gasteiger partial charge on any atom is 0.00669 e. The molecule has 1 nitrogen and oxygen atoms in total. The largest absolute Gasteiger partial charge is 0.314 e. The molecule has 0 amide bonds. The Morgan fingerprint density at radius 3 is 2.50 bits per heavy atom. The monoisotopic (exact) mass is 197 g/mol. The molecule has 0 fully saturated rings. The van der Waals surface area contributed by atoms with Gasteiger partial charge in [-0.05, 0) is 32.2 Å². The lowest BCUT2D eigenvalue weighted by Gasteiger charge is -2.17. The highest BCUT2D eigenvalue weighted by molar-refractivity contribution is 4.70. The summed E-state index contributed by atoms with van der Waals surface area (Å²) in [5, 5.41) is 3.64. The molecule has 1 atom stereocenters. The summed E-state index contributed by atoms with van der Waals surface area (Å²) in [5.74, 6) is 0. The third-order valence-corrected chi connectivity index (χ3v) is 2.56. The third-order valence-electron chi connectivity index (χ3n) is 2.56. The summed E-state index contributed by atoms with van der Waals surface area (Å²) < 4.78 is 0. The van der Waals surface area contributed by atoms with Gasteiger partial charge in [-0.1, -0.05) is 39.2 Å². The molecular formula is C13H27N. The van der Waals surface area contributed by atoms with Gasteiger partial charge < -0.3 is 5.32 Å². The van der Waals surface area contributed by atoms with Crippen LogP contribution in [0.1, 0.15) is 58.8 Å². The second-order valence-corrected chi connectivity index (χ2v) is 4.01. The molecule has 0 aliphatic heterocycles. The van der Waals surface area contributed by atoms with Crippen LogP contribution in [0.3, 0.4) is 0 Å². The van der Waals surface area contributed by atoms with Crippen LogP contribution in [0.25, 0.3) is 0 Å². The predicted octanol–water partition coefficient (Wildman–Crippen LogP) is 3.90. The van der Waals surface area contributed by atoms with E-state index in [1.807, 2.05) is 6.08 Å².